The van der Waals surface area contributed by atoms with Gasteiger partial charge in [-0.15, -0.1) is 0 Å². The molecule has 3 heteroatoms. The fourth-order valence-electron chi connectivity index (χ4n) is 3.78. The van der Waals surface area contributed by atoms with E-state index in [0.717, 1.165) is 16.3 Å². The average molecular weight is 372 g/mol. The Bertz CT molecular complexity index is 1090. The van der Waals surface area contributed by atoms with Crippen molar-refractivity contribution in [2.45, 2.75) is 12.3 Å². The van der Waals surface area contributed by atoms with Crippen molar-refractivity contribution in [2.75, 3.05) is 0 Å². The summed E-state index contributed by atoms with van der Waals surface area (Å²) >= 11 is 6.06. The maximum absolute atomic E-state index is 6.36. The molecule has 27 heavy (non-hydrogen) atoms. The summed E-state index contributed by atoms with van der Waals surface area (Å²) < 4.78 is 6.36. The van der Waals surface area contributed by atoms with Crippen LogP contribution in [0.3, 0.4) is 0 Å². The van der Waals surface area contributed by atoms with Crippen molar-refractivity contribution in [2.24, 2.45) is 0 Å². The van der Waals surface area contributed by atoms with Crippen LogP contribution in [0, 0.1) is 0 Å². The zero-order valence-electron chi connectivity index (χ0n) is 14.6. The van der Waals surface area contributed by atoms with Crippen LogP contribution in [-0.2, 0) is 0 Å². The first-order valence-electron chi connectivity index (χ1n) is 9.04. The molecule has 132 valence electrons. The summed E-state index contributed by atoms with van der Waals surface area (Å²) in [4.78, 5) is 0. The fraction of sp³-hybridized carbons (Fsp3) is 0.0833. The summed E-state index contributed by atoms with van der Waals surface area (Å²) in [6, 6.07) is 31.0. The number of nitrogens with one attached hydrogen (secondary N) is 1. The van der Waals surface area contributed by atoms with Crippen LogP contribution in [0.15, 0.2) is 91.0 Å². The van der Waals surface area contributed by atoms with E-state index in [1.54, 1.807) is 0 Å². The van der Waals surface area contributed by atoms with Crippen LogP contribution in [0.4, 0.5) is 0 Å². The number of benzene rings is 4. The molecule has 4 aromatic rings. The summed E-state index contributed by atoms with van der Waals surface area (Å²) in [5, 5.41) is 6.84. The SMILES string of the molecule is Clc1ccc([C@@H]2N[C@H](c3ccccc3)c3c(ccc4ccccc34)O2)cc1. The molecule has 0 saturated heterocycles. The third kappa shape index (κ3) is 2.97. The highest BCUT2D eigenvalue weighted by atomic mass is 35.5. The molecule has 0 bridgehead atoms. The van der Waals surface area contributed by atoms with Crippen LogP contribution >= 0.6 is 11.6 Å². The van der Waals surface area contributed by atoms with Crippen molar-refractivity contribution in [1.82, 2.24) is 5.32 Å². The van der Waals surface area contributed by atoms with Gasteiger partial charge >= 0.3 is 0 Å². The molecule has 0 aromatic heterocycles. The Morgan fingerprint density at radius 1 is 0.704 bits per heavy atom. The van der Waals surface area contributed by atoms with Crippen LogP contribution in [0.5, 0.6) is 5.75 Å². The summed E-state index contributed by atoms with van der Waals surface area (Å²) in [6.07, 6.45) is -0.235. The lowest BCUT2D eigenvalue weighted by Gasteiger charge is -2.35. The lowest BCUT2D eigenvalue weighted by Crippen LogP contribution is -2.35. The molecule has 2 nitrogen and oxygen atoms in total. The summed E-state index contributed by atoms with van der Waals surface area (Å²) in [5.41, 5.74) is 3.46. The molecule has 2 atom stereocenters. The molecule has 0 spiro atoms. The maximum atomic E-state index is 6.36. The van der Waals surface area contributed by atoms with Gasteiger partial charge in [0.15, 0.2) is 6.23 Å². The van der Waals surface area contributed by atoms with Crippen LogP contribution < -0.4 is 10.1 Å². The van der Waals surface area contributed by atoms with Crippen LogP contribution in [0.25, 0.3) is 10.8 Å². The van der Waals surface area contributed by atoms with Crippen molar-refractivity contribution in [3.05, 3.63) is 113 Å². The molecule has 0 unspecified atom stereocenters. The van der Waals surface area contributed by atoms with Gasteiger partial charge in [0.25, 0.3) is 0 Å². The third-order valence-electron chi connectivity index (χ3n) is 5.09. The van der Waals surface area contributed by atoms with Crippen molar-refractivity contribution in [3.63, 3.8) is 0 Å². The normalized spacial score (nSPS) is 18.7. The Balaban J connectivity index is 1.68. The van der Waals surface area contributed by atoms with E-state index in [4.69, 9.17) is 16.3 Å². The van der Waals surface area contributed by atoms with E-state index >= 15 is 0 Å². The molecular weight excluding hydrogens is 354 g/mol. The molecule has 1 aliphatic rings. The predicted octanol–water partition coefficient (Wildman–Crippen LogP) is 6.26. The molecule has 5 rings (SSSR count). The highest BCUT2D eigenvalue weighted by molar-refractivity contribution is 6.30. The quantitative estimate of drug-likeness (QED) is 0.448. The Hall–Kier alpha value is -2.81. The maximum Gasteiger partial charge on any atom is 0.177 e. The van der Waals surface area contributed by atoms with Crippen LogP contribution in [0.2, 0.25) is 5.02 Å². The van der Waals surface area contributed by atoms with E-state index in [2.05, 4.69) is 66.0 Å². The zero-order valence-corrected chi connectivity index (χ0v) is 15.4. The lowest BCUT2D eigenvalue weighted by atomic mass is 9.91. The molecule has 1 heterocycles. The smallest absolute Gasteiger partial charge is 0.177 e. The van der Waals surface area contributed by atoms with Gasteiger partial charge in [-0.1, -0.05) is 84.4 Å². The Labute approximate surface area is 163 Å². The van der Waals surface area contributed by atoms with Crippen LogP contribution in [0.1, 0.15) is 29.0 Å². The summed E-state index contributed by atoms with van der Waals surface area (Å²) in [6.45, 7) is 0. The van der Waals surface area contributed by atoms with Gasteiger partial charge in [-0.25, -0.2) is 0 Å². The van der Waals surface area contributed by atoms with Gasteiger partial charge < -0.3 is 4.74 Å². The molecular formula is C24H18ClNO. The van der Waals surface area contributed by atoms with Gasteiger partial charge in [0.2, 0.25) is 0 Å². The fourth-order valence-corrected chi connectivity index (χ4v) is 3.91. The number of hydrogen-bond donors (Lipinski definition) is 1. The molecule has 0 radical (unpaired) electrons. The number of fused-ring (bicyclic) bond motifs is 3. The van der Waals surface area contributed by atoms with Gasteiger partial charge in [-0.05, 0) is 34.5 Å². The zero-order chi connectivity index (χ0) is 18.2. The topological polar surface area (TPSA) is 21.3 Å². The second-order valence-corrected chi connectivity index (χ2v) is 7.19. The van der Waals surface area contributed by atoms with E-state index in [-0.39, 0.29) is 12.3 Å². The first-order chi connectivity index (χ1) is 13.3. The molecule has 0 saturated carbocycles. The van der Waals surface area contributed by atoms with Crippen LogP contribution in [-0.4, -0.2) is 0 Å². The second-order valence-electron chi connectivity index (χ2n) is 6.76. The third-order valence-corrected chi connectivity index (χ3v) is 5.34. The van der Waals surface area contributed by atoms with E-state index in [9.17, 15) is 0 Å². The first-order valence-corrected chi connectivity index (χ1v) is 9.42. The monoisotopic (exact) mass is 371 g/mol. The number of rotatable bonds is 2. The summed E-state index contributed by atoms with van der Waals surface area (Å²) in [7, 11) is 0. The number of ether oxygens (including phenoxy) is 1. The number of hydrogen-bond acceptors (Lipinski definition) is 2. The second kappa shape index (κ2) is 6.73. The van der Waals surface area contributed by atoms with Gasteiger partial charge in [0, 0.05) is 16.1 Å². The standard InChI is InChI=1S/C24H18ClNO/c25-19-13-10-18(11-14-19)24-26-23(17-7-2-1-3-8-17)22-20-9-5-4-6-16(20)12-15-21(22)27-24/h1-15,23-24,26H/t23-,24-/m1/s1. The lowest BCUT2D eigenvalue weighted by molar-refractivity contribution is 0.134. The Morgan fingerprint density at radius 2 is 1.44 bits per heavy atom. The highest BCUT2D eigenvalue weighted by Crippen LogP contribution is 2.42. The van der Waals surface area contributed by atoms with Gasteiger partial charge in [0.05, 0.1) is 6.04 Å². The largest absolute Gasteiger partial charge is 0.471 e. The van der Waals surface area contributed by atoms with E-state index < -0.39 is 0 Å². The molecule has 0 aliphatic carbocycles. The Kier molecular flexibility index (Phi) is 4.08. The minimum atomic E-state index is -0.235. The van der Waals surface area contributed by atoms with E-state index in [1.807, 2.05) is 30.3 Å². The molecule has 0 fully saturated rings. The van der Waals surface area contributed by atoms with Gasteiger partial charge in [0.1, 0.15) is 5.75 Å². The van der Waals surface area contributed by atoms with Gasteiger partial charge in [-0.2, -0.15) is 0 Å². The van der Waals surface area contributed by atoms with Crippen molar-refractivity contribution >= 4 is 22.4 Å². The van der Waals surface area contributed by atoms with Gasteiger partial charge in [-0.3, -0.25) is 5.32 Å². The van der Waals surface area contributed by atoms with Crippen molar-refractivity contribution in [3.8, 4) is 5.75 Å². The Morgan fingerprint density at radius 3 is 2.26 bits per heavy atom. The average Bonchev–Trinajstić information content (AvgIpc) is 2.74. The van der Waals surface area contributed by atoms with E-state index in [1.165, 1.54) is 21.9 Å². The van der Waals surface area contributed by atoms with Crippen molar-refractivity contribution in [1.29, 1.82) is 0 Å². The predicted molar refractivity (Wildman–Crippen MR) is 110 cm³/mol. The minimum Gasteiger partial charge on any atom is -0.471 e. The molecule has 4 aromatic carbocycles. The molecule has 0 amide bonds. The van der Waals surface area contributed by atoms with E-state index in [0.29, 0.717) is 0 Å². The molecule has 1 aliphatic heterocycles. The summed E-state index contributed by atoms with van der Waals surface area (Å²) in [5.74, 6) is 0.918. The molecule has 1 N–H and O–H groups in total. The van der Waals surface area contributed by atoms with Crippen molar-refractivity contribution < 1.29 is 4.74 Å². The highest BCUT2D eigenvalue weighted by Gasteiger charge is 2.31. The first kappa shape index (κ1) is 16.4. The minimum absolute atomic E-state index is 0.0433. The number of halogens is 1.